The highest BCUT2D eigenvalue weighted by atomic mass is 15.1. The molecule has 0 N–H and O–H groups in total. The van der Waals surface area contributed by atoms with Crippen molar-refractivity contribution in [2.45, 2.75) is 45.4 Å². The van der Waals surface area contributed by atoms with Gasteiger partial charge < -0.3 is 4.90 Å². The normalized spacial score (nSPS) is 10.4. The second kappa shape index (κ2) is 13.3. The van der Waals surface area contributed by atoms with Crippen LogP contribution in [0.2, 0.25) is 0 Å². The number of hydrogen-bond donors (Lipinski definition) is 0. The Morgan fingerprint density at radius 2 is 1.03 bits per heavy atom. The number of hydrogen-bond acceptors (Lipinski definition) is 1. The van der Waals surface area contributed by atoms with Gasteiger partial charge in [-0.05, 0) is 41.5 Å². The predicted molar refractivity (Wildman–Crippen MR) is 137 cm³/mol. The molecule has 0 amide bonds. The Balaban J connectivity index is 0.000000391. The second-order valence-electron chi connectivity index (χ2n) is 7.94. The van der Waals surface area contributed by atoms with Gasteiger partial charge in [-0.3, -0.25) is 0 Å². The van der Waals surface area contributed by atoms with Crippen LogP contribution in [0.5, 0.6) is 0 Å². The summed E-state index contributed by atoms with van der Waals surface area (Å²) in [5, 5.41) is 2.61. The Kier molecular flexibility index (Phi) is 9.69. The van der Waals surface area contributed by atoms with Crippen LogP contribution in [-0.2, 0) is 0 Å². The maximum absolute atomic E-state index is 2.46. The van der Waals surface area contributed by atoms with Gasteiger partial charge in [0.05, 0.1) is 0 Å². The molecule has 0 radical (unpaired) electrons. The molecule has 0 aliphatic carbocycles. The van der Waals surface area contributed by atoms with Crippen molar-refractivity contribution in [1.82, 2.24) is 0 Å². The maximum atomic E-state index is 2.46. The van der Waals surface area contributed by atoms with E-state index in [1.807, 2.05) is 36.4 Å². The fraction of sp³-hybridized carbons (Fsp3) is 0.267. The highest BCUT2D eigenvalue weighted by Crippen LogP contribution is 2.29. The van der Waals surface area contributed by atoms with Gasteiger partial charge in [0.1, 0.15) is 0 Å². The van der Waals surface area contributed by atoms with Crippen LogP contribution in [0.1, 0.15) is 45.4 Å². The molecule has 0 heterocycles. The fourth-order valence-electron chi connectivity index (χ4n) is 3.79. The summed E-state index contributed by atoms with van der Waals surface area (Å²) in [5.41, 5.74) is 2.57. The van der Waals surface area contributed by atoms with Gasteiger partial charge in [0, 0.05) is 17.9 Å². The SMILES string of the molecule is CCCCCCCCN(c1ccccc1)c1ccc2ccccc2c1.c1ccccc1. The van der Waals surface area contributed by atoms with E-state index in [4.69, 9.17) is 0 Å². The Morgan fingerprint density at radius 3 is 1.71 bits per heavy atom. The van der Waals surface area contributed by atoms with Gasteiger partial charge in [-0.1, -0.05) is 124 Å². The molecule has 0 saturated carbocycles. The molecule has 1 heteroatoms. The third-order valence-corrected chi connectivity index (χ3v) is 5.51. The lowest BCUT2D eigenvalue weighted by Gasteiger charge is -2.25. The number of anilines is 2. The van der Waals surface area contributed by atoms with Gasteiger partial charge >= 0.3 is 0 Å². The molecule has 4 aromatic carbocycles. The van der Waals surface area contributed by atoms with E-state index in [1.165, 1.54) is 60.7 Å². The van der Waals surface area contributed by atoms with Crippen LogP contribution in [0.25, 0.3) is 10.8 Å². The van der Waals surface area contributed by atoms with Gasteiger partial charge in [-0.25, -0.2) is 0 Å². The lowest BCUT2D eigenvalue weighted by atomic mass is 10.1. The molecule has 4 aromatic rings. The maximum Gasteiger partial charge on any atom is 0.0417 e. The molecule has 0 bridgehead atoms. The monoisotopic (exact) mass is 409 g/mol. The van der Waals surface area contributed by atoms with Gasteiger partial charge in [-0.2, -0.15) is 0 Å². The summed E-state index contributed by atoms with van der Waals surface area (Å²) in [6.07, 6.45) is 7.97. The minimum absolute atomic E-state index is 1.08. The zero-order valence-corrected chi connectivity index (χ0v) is 18.8. The van der Waals surface area contributed by atoms with E-state index in [1.54, 1.807) is 0 Å². The molecule has 0 aromatic heterocycles. The van der Waals surface area contributed by atoms with Crippen molar-refractivity contribution in [3.63, 3.8) is 0 Å². The molecule has 0 atom stereocenters. The van der Waals surface area contributed by atoms with E-state index < -0.39 is 0 Å². The van der Waals surface area contributed by atoms with E-state index in [-0.39, 0.29) is 0 Å². The van der Waals surface area contributed by atoms with Crippen molar-refractivity contribution in [1.29, 1.82) is 0 Å². The van der Waals surface area contributed by atoms with Crippen molar-refractivity contribution >= 4 is 22.1 Å². The lowest BCUT2D eigenvalue weighted by molar-refractivity contribution is 0.609. The number of fused-ring (bicyclic) bond motifs is 1. The van der Waals surface area contributed by atoms with Gasteiger partial charge in [-0.15, -0.1) is 0 Å². The fourth-order valence-corrected chi connectivity index (χ4v) is 3.79. The largest absolute Gasteiger partial charge is 0.341 e. The highest BCUT2D eigenvalue weighted by Gasteiger charge is 2.09. The van der Waals surface area contributed by atoms with Crippen molar-refractivity contribution in [2.75, 3.05) is 11.4 Å². The van der Waals surface area contributed by atoms with Gasteiger partial charge in [0.25, 0.3) is 0 Å². The standard InChI is InChI=1S/C24H29N.C6H6/c1-2-3-4-5-6-12-19-25(23-15-8-7-9-16-23)24-18-17-21-13-10-11-14-22(21)20-24;1-2-4-6-5-3-1/h7-11,13-18,20H,2-6,12,19H2,1H3;1-6H. The predicted octanol–water partition coefficient (Wildman–Crippen LogP) is 9.03. The Bertz CT molecular complexity index is 952. The van der Waals surface area contributed by atoms with Crippen molar-refractivity contribution < 1.29 is 0 Å². The molecular formula is C30H35N. The molecular weight excluding hydrogens is 374 g/mol. The molecule has 0 aliphatic heterocycles. The van der Waals surface area contributed by atoms with Crippen LogP contribution in [0.4, 0.5) is 11.4 Å². The number of benzene rings is 4. The highest BCUT2D eigenvalue weighted by molar-refractivity contribution is 5.86. The summed E-state index contributed by atoms with van der Waals surface area (Å²) in [6.45, 7) is 3.35. The first-order valence-corrected chi connectivity index (χ1v) is 11.7. The van der Waals surface area contributed by atoms with Gasteiger partial charge in [0.15, 0.2) is 0 Å². The van der Waals surface area contributed by atoms with Crippen molar-refractivity contribution in [3.8, 4) is 0 Å². The molecule has 0 unspecified atom stereocenters. The zero-order chi connectivity index (χ0) is 21.6. The average molecular weight is 410 g/mol. The number of unbranched alkanes of at least 4 members (excludes halogenated alkanes) is 5. The number of para-hydroxylation sites is 1. The van der Waals surface area contributed by atoms with E-state index in [2.05, 4.69) is 84.6 Å². The van der Waals surface area contributed by atoms with E-state index in [9.17, 15) is 0 Å². The van der Waals surface area contributed by atoms with E-state index >= 15 is 0 Å². The molecule has 160 valence electrons. The van der Waals surface area contributed by atoms with Crippen LogP contribution in [0.3, 0.4) is 0 Å². The van der Waals surface area contributed by atoms with Crippen LogP contribution in [0, 0.1) is 0 Å². The van der Waals surface area contributed by atoms with Crippen LogP contribution in [-0.4, -0.2) is 6.54 Å². The summed E-state index contributed by atoms with van der Waals surface area (Å²) in [4.78, 5) is 2.46. The van der Waals surface area contributed by atoms with Gasteiger partial charge in [0.2, 0.25) is 0 Å². The molecule has 0 fully saturated rings. The molecule has 1 nitrogen and oxygen atoms in total. The van der Waals surface area contributed by atoms with Crippen molar-refractivity contribution in [2.24, 2.45) is 0 Å². The zero-order valence-electron chi connectivity index (χ0n) is 18.8. The van der Waals surface area contributed by atoms with E-state index in [0.29, 0.717) is 0 Å². The minimum Gasteiger partial charge on any atom is -0.341 e. The number of rotatable bonds is 9. The molecule has 0 saturated heterocycles. The summed E-state index contributed by atoms with van der Waals surface area (Å²) in [5.74, 6) is 0. The van der Waals surface area contributed by atoms with Crippen LogP contribution >= 0.6 is 0 Å². The minimum atomic E-state index is 1.08. The lowest BCUT2D eigenvalue weighted by Crippen LogP contribution is -2.18. The van der Waals surface area contributed by atoms with Crippen LogP contribution < -0.4 is 4.90 Å². The molecule has 0 aliphatic rings. The Morgan fingerprint density at radius 1 is 0.484 bits per heavy atom. The van der Waals surface area contributed by atoms with Crippen LogP contribution in [0.15, 0.2) is 109 Å². The summed E-state index contributed by atoms with van der Waals surface area (Å²) in [6, 6.07) is 38.2. The first-order valence-electron chi connectivity index (χ1n) is 11.7. The topological polar surface area (TPSA) is 3.24 Å². The molecule has 4 rings (SSSR count). The molecule has 31 heavy (non-hydrogen) atoms. The van der Waals surface area contributed by atoms with E-state index in [0.717, 1.165) is 6.54 Å². The third kappa shape index (κ3) is 7.61. The first-order chi connectivity index (χ1) is 15.4. The summed E-state index contributed by atoms with van der Waals surface area (Å²) in [7, 11) is 0. The average Bonchev–Trinajstić information content (AvgIpc) is 2.85. The second-order valence-corrected chi connectivity index (χ2v) is 7.94. The Hall–Kier alpha value is -3.06. The smallest absolute Gasteiger partial charge is 0.0417 e. The van der Waals surface area contributed by atoms with Crippen molar-refractivity contribution in [3.05, 3.63) is 109 Å². The third-order valence-electron chi connectivity index (χ3n) is 5.51. The summed E-state index contributed by atoms with van der Waals surface area (Å²) >= 11 is 0. The first kappa shape index (κ1) is 22.6. The Labute approximate surface area is 188 Å². The quantitative estimate of drug-likeness (QED) is 0.249. The molecule has 0 spiro atoms. The summed E-state index contributed by atoms with van der Waals surface area (Å²) < 4.78 is 0. The number of nitrogens with zero attached hydrogens (tertiary/aromatic N) is 1.